The molecule has 0 saturated carbocycles. The summed E-state index contributed by atoms with van der Waals surface area (Å²) in [7, 11) is -2.02. The molecular formula is C23H27N5O3S2. The van der Waals surface area contributed by atoms with Crippen molar-refractivity contribution in [2.45, 2.75) is 23.5 Å². The van der Waals surface area contributed by atoms with E-state index in [1.54, 1.807) is 57.3 Å². The number of aromatic nitrogens is 2. The molecule has 1 aromatic heterocycles. The second-order valence-corrected chi connectivity index (χ2v) is 10.6. The van der Waals surface area contributed by atoms with E-state index in [1.807, 2.05) is 24.3 Å². The van der Waals surface area contributed by atoms with Crippen molar-refractivity contribution in [3.8, 4) is 11.4 Å². The Bertz CT molecular complexity index is 1210. The lowest BCUT2D eigenvalue weighted by molar-refractivity contribution is 0.311. The van der Waals surface area contributed by atoms with Gasteiger partial charge >= 0.3 is 0 Å². The summed E-state index contributed by atoms with van der Waals surface area (Å²) in [5.74, 6) is 0.797. The van der Waals surface area contributed by atoms with E-state index in [-0.39, 0.29) is 18.0 Å². The minimum Gasteiger partial charge on any atom is -0.395 e. The topological polar surface area (TPSA) is 116 Å². The van der Waals surface area contributed by atoms with Crippen LogP contribution in [0.1, 0.15) is 19.5 Å². The normalized spacial score (nSPS) is 11.6. The van der Waals surface area contributed by atoms with Gasteiger partial charge in [0.2, 0.25) is 0 Å². The Labute approximate surface area is 199 Å². The van der Waals surface area contributed by atoms with Gasteiger partial charge in [0.25, 0.3) is 0 Å². The van der Waals surface area contributed by atoms with Crippen molar-refractivity contribution in [3.05, 3.63) is 66.4 Å². The maximum Gasteiger partial charge on any atom is 0.189 e. The second kappa shape index (κ2) is 10.2. The first-order valence-electron chi connectivity index (χ1n) is 10.3. The van der Waals surface area contributed by atoms with Crippen molar-refractivity contribution < 1.29 is 13.5 Å². The molecule has 2 aromatic carbocycles. The van der Waals surface area contributed by atoms with Gasteiger partial charge in [0.15, 0.2) is 20.8 Å². The predicted molar refractivity (Wildman–Crippen MR) is 135 cm³/mol. The molecule has 0 unspecified atom stereocenters. The molecule has 4 N–H and O–H groups in total. The first-order chi connectivity index (χ1) is 15.7. The summed E-state index contributed by atoms with van der Waals surface area (Å²) in [4.78, 5) is 9.38. The quantitative estimate of drug-likeness (QED) is 0.357. The molecular weight excluding hydrogens is 458 g/mol. The predicted octanol–water partition coefficient (Wildman–Crippen LogP) is 3.17. The average Bonchev–Trinajstić information content (AvgIpc) is 2.83. The van der Waals surface area contributed by atoms with Crippen LogP contribution in [0, 0.1) is 0 Å². The number of anilines is 2. The number of nitrogens with one attached hydrogen (secondary N) is 3. The van der Waals surface area contributed by atoms with Gasteiger partial charge < -0.3 is 21.1 Å². The van der Waals surface area contributed by atoms with Crippen LogP contribution in [-0.4, -0.2) is 48.8 Å². The van der Waals surface area contributed by atoms with E-state index in [1.165, 1.54) is 0 Å². The number of benzene rings is 2. The summed E-state index contributed by atoms with van der Waals surface area (Å²) in [5, 5.41) is 18.6. The van der Waals surface area contributed by atoms with Gasteiger partial charge in [-0.2, -0.15) is 0 Å². The van der Waals surface area contributed by atoms with Gasteiger partial charge in [-0.05, 0) is 62.5 Å². The van der Waals surface area contributed by atoms with Crippen LogP contribution in [0.25, 0.3) is 11.4 Å². The van der Waals surface area contributed by atoms with Gasteiger partial charge in [-0.15, -0.1) is 0 Å². The van der Waals surface area contributed by atoms with Gasteiger partial charge in [-0.3, -0.25) is 0 Å². The zero-order chi connectivity index (χ0) is 24.1. The van der Waals surface area contributed by atoms with Gasteiger partial charge in [-0.25, -0.2) is 18.4 Å². The number of sulfone groups is 1. The fourth-order valence-corrected chi connectivity index (χ4v) is 4.69. The van der Waals surface area contributed by atoms with Crippen molar-refractivity contribution in [1.29, 1.82) is 0 Å². The third-order valence-electron chi connectivity index (χ3n) is 5.11. The maximum absolute atomic E-state index is 13.5. The van der Waals surface area contributed by atoms with E-state index in [4.69, 9.17) is 12.2 Å². The van der Waals surface area contributed by atoms with Crippen LogP contribution in [0.15, 0.2) is 65.6 Å². The van der Waals surface area contributed by atoms with Crippen LogP contribution in [-0.2, 0) is 14.6 Å². The summed E-state index contributed by atoms with van der Waals surface area (Å²) in [6.07, 6.45) is 0. The molecule has 0 aliphatic heterocycles. The van der Waals surface area contributed by atoms with E-state index in [9.17, 15) is 13.5 Å². The third-order valence-corrected chi connectivity index (χ3v) is 7.87. The maximum atomic E-state index is 13.5. The average molecular weight is 486 g/mol. The molecule has 174 valence electrons. The number of hydrogen-bond acceptors (Lipinski definition) is 7. The van der Waals surface area contributed by atoms with Gasteiger partial charge in [0.1, 0.15) is 10.6 Å². The van der Waals surface area contributed by atoms with Gasteiger partial charge in [-0.1, -0.05) is 18.2 Å². The van der Waals surface area contributed by atoms with Crippen LogP contribution in [0.4, 0.5) is 11.5 Å². The van der Waals surface area contributed by atoms with Crippen LogP contribution in [0.5, 0.6) is 0 Å². The van der Waals surface area contributed by atoms with Crippen molar-refractivity contribution >= 4 is 38.7 Å². The Morgan fingerprint density at radius 2 is 1.73 bits per heavy atom. The van der Waals surface area contributed by atoms with Crippen molar-refractivity contribution in [2.24, 2.45) is 0 Å². The summed E-state index contributed by atoms with van der Waals surface area (Å²) in [6, 6.07) is 17.2. The molecule has 0 bridgehead atoms. The molecule has 0 aliphatic carbocycles. The van der Waals surface area contributed by atoms with Crippen LogP contribution >= 0.6 is 12.2 Å². The van der Waals surface area contributed by atoms with E-state index in [2.05, 4.69) is 25.9 Å². The van der Waals surface area contributed by atoms with Crippen LogP contribution in [0.3, 0.4) is 0 Å². The summed E-state index contributed by atoms with van der Waals surface area (Å²) < 4.78 is 25.6. The van der Waals surface area contributed by atoms with Gasteiger partial charge in [0.05, 0.1) is 17.2 Å². The highest BCUT2D eigenvalue weighted by molar-refractivity contribution is 7.92. The third kappa shape index (κ3) is 5.47. The molecule has 3 rings (SSSR count). The number of nitrogens with zero attached hydrogens (tertiary/aromatic N) is 2. The summed E-state index contributed by atoms with van der Waals surface area (Å²) >= 11 is 5.12. The van der Waals surface area contributed by atoms with Crippen LogP contribution in [0.2, 0.25) is 0 Å². The van der Waals surface area contributed by atoms with E-state index in [0.29, 0.717) is 28.0 Å². The molecule has 0 spiro atoms. The number of rotatable bonds is 8. The molecule has 0 atom stereocenters. The van der Waals surface area contributed by atoms with Crippen molar-refractivity contribution in [3.63, 3.8) is 0 Å². The molecule has 0 fully saturated rings. The molecule has 33 heavy (non-hydrogen) atoms. The Balaban J connectivity index is 2.06. The van der Waals surface area contributed by atoms with E-state index in [0.717, 1.165) is 5.69 Å². The van der Waals surface area contributed by atoms with Crippen molar-refractivity contribution in [2.75, 3.05) is 30.8 Å². The van der Waals surface area contributed by atoms with Gasteiger partial charge in [0, 0.05) is 30.9 Å². The molecule has 8 nitrogen and oxygen atoms in total. The second-order valence-electron chi connectivity index (χ2n) is 7.72. The number of aliphatic hydroxyl groups is 1. The molecule has 0 aliphatic rings. The molecule has 1 heterocycles. The minimum absolute atomic E-state index is 0.0912. The molecule has 0 amide bonds. The first-order valence-corrected chi connectivity index (χ1v) is 12.2. The Kier molecular flexibility index (Phi) is 7.62. The number of aliphatic hydroxyl groups excluding tert-OH is 1. The zero-order valence-corrected chi connectivity index (χ0v) is 20.3. The standard InChI is InChI=1S/C23H27N5O3S2/c1-23(2,33(30,31)18-7-5-4-6-8-18)19-15-20(25-13-14-29)28-21(27-19)16-9-11-17(12-10-16)26-22(32)24-3/h4-12,15,29H,13-14H2,1-3H3,(H2,24,26,32)(H,25,27,28). The lowest BCUT2D eigenvalue weighted by Crippen LogP contribution is -2.31. The Morgan fingerprint density at radius 1 is 1.06 bits per heavy atom. The highest BCUT2D eigenvalue weighted by atomic mass is 32.2. The summed E-state index contributed by atoms with van der Waals surface area (Å²) in [6.45, 7) is 3.43. The Hall–Kier alpha value is -3.08. The Morgan fingerprint density at radius 3 is 2.33 bits per heavy atom. The SMILES string of the molecule is CNC(=S)Nc1ccc(-c2nc(NCCO)cc(C(C)(C)S(=O)(=O)c3ccccc3)n2)cc1. The largest absolute Gasteiger partial charge is 0.395 e. The summed E-state index contributed by atoms with van der Waals surface area (Å²) in [5.41, 5.74) is 1.84. The zero-order valence-electron chi connectivity index (χ0n) is 18.7. The van der Waals surface area contributed by atoms with Crippen LogP contribution < -0.4 is 16.0 Å². The first kappa shape index (κ1) is 24.6. The molecule has 0 saturated heterocycles. The van der Waals surface area contributed by atoms with Crippen molar-refractivity contribution in [1.82, 2.24) is 15.3 Å². The monoisotopic (exact) mass is 485 g/mol. The fraction of sp³-hybridized carbons (Fsp3) is 0.261. The number of thiocarbonyl (C=S) groups is 1. The molecule has 10 heteroatoms. The lowest BCUT2D eigenvalue weighted by atomic mass is 10.1. The minimum atomic E-state index is -3.75. The lowest BCUT2D eigenvalue weighted by Gasteiger charge is -2.25. The fourth-order valence-electron chi connectivity index (χ4n) is 3.09. The molecule has 3 aromatic rings. The highest BCUT2D eigenvalue weighted by Gasteiger charge is 2.39. The van der Waals surface area contributed by atoms with E-state index < -0.39 is 14.6 Å². The number of hydrogen-bond donors (Lipinski definition) is 4. The molecule has 0 radical (unpaired) electrons. The highest BCUT2D eigenvalue weighted by Crippen LogP contribution is 2.35. The van der Waals surface area contributed by atoms with E-state index >= 15 is 0 Å². The smallest absolute Gasteiger partial charge is 0.189 e.